The third kappa shape index (κ3) is 3.78. The Labute approximate surface area is 144 Å². The van der Waals surface area contributed by atoms with Crippen LogP contribution in [-0.4, -0.2) is 12.9 Å². The number of hydrogen-bond donors (Lipinski definition) is 1. The summed E-state index contributed by atoms with van der Waals surface area (Å²) in [5, 5.41) is 3.59. The Morgan fingerprint density at radius 2 is 1.75 bits per heavy atom. The first kappa shape index (κ1) is 16.6. The fourth-order valence-electron chi connectivity index (χ4n) is 3.42. The summed E-state index contributed by atoms with van der Waals surface area (Å²) in [6, 6.07) is 16.4. The van der Waals surface area contributed by atoms with E-state index in [9.17, 15) is 4.79 Å². The molecule has 0 radical (unpaired) electrons. The Balaban J connectivity index is 1.88. The number of Topliss-reactive ketones (excluding diaryl/α,β-unsaturated/α-hetero) is 1. The second-order valence-corrected chi connectivity index (χ2v) is 6.58. The zero-order valence-electron chi connectivity index (χ0n) is 14.4. The molecule has 1 aliphatic rings. The third-order valence-electron chi connectivity index (χ3n) is 4.85. The molecule has 2 atom stereocenters. The molecule has 24 heavy (non-hydrogen) atoms. The van der Waals surface area contributed by atoms with Gasteiger partial charge in [0.1, 0.15) is 11.5 Å². The van der Waals surface area contributed by atoms with Crippen LogP contribution < -0.4 is 10.1 Å². The van der Waals surface area contributed by atoms with Crippen molar-refractivity contribution < 1.29 is 9.53 Å². The van der Waals surface area contributed by atoms with Gasteiger partial charge in [-0.25, -0.2) is 0 Å². The summed E-state index contributed by atoms with van der Waals surface area (Å²) in [6.07, 6.45) is 3.82. The second kappa shape index (κ2) is 7.52. The summed E-state index contributed by atoms with van der Waals surface area (Å²) in [5.41, 5.74) is 3.42. The summed E-state index contributed by atoms with van der Waals surface area (Å²) < 4.78 is 5.22. The van der Waals surface area contributed by atoms with Gasteiger partial charge in [0, 0.05) is 18.0 Å². The van der Waals surface area contributed by atoms with Gasteiger partial charge in [0.05, 0.1) is 13.2 Å². The number of carbonyl (C=O) groups excluding carboxylic acids is 1. The van der Waals surface area contributed by atoms with E-state index in [1.54, 1.807) is 7.11 Å². The molecule has 3 rings (SSSR count). The number of hydrogen-bond acceptors (Lipinski definition) is 3. The number of rotatable bonds is 5. The number of carbonyl (C=O) groups is 1. The first-order valence-corrected chi connectivity index (χ1v) is 8.67. The highest BCUT2D eigenvalue weighted by atomic mass is 16.5. The van der Waals surface area contributed by atoms with Crippen molar-refractivity contribution in [1.82, 2.24) is 0 Å². The highest BCUT2D eigenvalue weighted by Gasteiger charge is 2.31. The van der Waals surface area contributed by atoms with Crippen LogP contribution in [0.4, 0.5) is 5.69 Å². The van der Waals surface area contributed by atoms with Gasteiger partial charge >= 0.3 is 0 Å². The number of nitrogens with one attached hydrogen (secondary N) is 1. The van der Waals surface area contributed by atoms with Crippen LogP contribution in [0, 0.1) is 12.8 Å². The van der Waals surface area contributed by atoms with Crippen molar-refractivity contribution in [1.29, 1.82) is 0 Å². The summed E-state index contributed by atoms with van der Waals surface area (Å²) in [5.74, 6) is 1.26. The van der Waals surface area contributed by atoms with E-state index in [-0.39, 0.29) is 12.0 Å². The fourth-order valence-corrected chi connectivity index (χ4v) is 3.42. The van der Waals surface area contributed by atoms with Crippen molar-refractivity contribution in [3.8, 4) is 5.75 Å². The summed E-state index contributed by atoms with van der Waals surface area (Å²) in [4.78, 5) is 12.5. The summed E-state index contributed by atoms with van der Waals surface area (Å²) in [6.45, 7) is 2.08. The van der Waals surface area contributed by atoms with Crippen LogP contribution in [0.1, 0.15) is 42.9 Å². The van der Waals surface area contributed by atoms with Crippen molar-refractivity contribution >= 4 is 11.5 Å². The Morgan fingerprint density at radius 1 is 1.04 bits per heavy atom. The molecular weight excluding hydrogens is 298 g/mol. The highest BCUT2D eigenvalue weighted by molar-refractivity contribution is 5.83. The zero-order chi connectivity index (χ0) is 16.9. The molecule has 1 aliphatic carbocycles. The van der Waals surface area contributed by atoms with Crippen LogP contribution in [0.2, 0.25) is 0 Å². The largest absolute Gasteiger partial charge is 0.497 e. The van der Waals surface area contributed by atoms with Gasteiger partial charge < -0.3 is 10.1 Å². The van der Waals surface area contributed by atoms with Crippen LogP contribution in [0.3, 0.4) is 0 Å². The van der Waals surface area contributed by atoms with Crippen LogP contribution >= 0.6 is 0 Å². The van der Waals surface area contributed by atoms with E-state index in [1.165, 1.54) is 11.1 Å². The molecule has 1 N–H and O–H groups in total. The molecule has 1 saturated carbocycles. The lowest BCUT2D eigenvalue weighted by Gasteiger charge is -2.31. The van der Waals surface area contributed by atoms with Crippen LogP contribution in [-0.2, 0) is 4.79 Å². The normalized spacial score (nSPS) is 18.9. The van der Waals surface area contributed by atoms with E-state index < -0.39 is 0 Å². The Bertz CT molecular complexity index is 676. The molecule has 126 valence electrons. The lowest BCUT2D eigenvalue weighted by Crippen LogP contribution is -2.30. The number of ketones is 1. The maximum Gasteiger partial charge on any atom is 0.138 e. The average molecular weight is 323 g/mol. The van der Waals surface area contributed by atoms with Crippen molar-refractivity contribution in [2.45, 2.75) is 38.6 Å². The minimum absolute atomic E-state index is 0.0202. The van der Waals surface area contributed by atoms with Crippen LogP contribution in [0.5, 0.6) is 5.75 Å². The lowest BCUT2D eigenvalue weighted by molar-refractivity contribution is -0.125. The quantitative estimate of drug-likeness (QED) is 0.849. The summed E-state index contributed by atoms with van der Waals surface area (Å²) >= 11 is 0. The molecule has 1 unspecified atom stereocenters. The SMILES string of the molecule is COc1ccc(N[C@H](c2ccc(C)cc2)C2CCCCC2=O)cc1. The average Bonchev–Trinajstić information content (AvgIpc) is 2.62. The fraction of sp³-hybridized carbons (Fsp3) is 0.381. The first-order valence-electron chi connectivity index (χ1n) is 8.67. The minimum Gasteiger partial charge on any atom is -0.497 e. The molecule has 0 aromatic heterocycles. The standard InChI is InChI=1S/C21H25NO2/c1-15-7-9-16(10-8-15)21(19-5-3-4-6-20(19)23)22-17-11-13-18(24-2)14-12-17/h7-14,19,21-22H,3-6H2,1-2H3/t19?,21-/m1/s1. The van der Waals surface area contributed by atoms with Gasteiger partial charge in [0.15, 0.2) is 0 Å². The van der Waals surface area contributed by atoms with Gasteiger partial charge in [-0.3, -0.25) is 4.79 Å². The first-order chi connectivity index (χ1) is 11.7. The molecule has 3 heteroatoms. The van der Waals surface area contributed by atoms with Crippen LogP contribution in [0.25, 0.3) is 0 Å². The predicted octanol–water partition coefficient (Wildman–Crippen LogP) is 4.92. The second-order valence-electron chi connectivity index (χ2n) is 6.58. The van der Waals surface area contributed by atoms with Crippen molar-refractivity contribution in [3.05, 3.63) is 59.7 Å². The third-order valence-corrected chi connectivity index (χ3v) is 4.85. The van der Waals surface area contributed by atoms with Crippen molar-refractivity contribution in [2.75, 3.05) is 12.4 Å². The molecule has 0 saturated heterocycles. The maximum atomic E-state index is 12.5. The lowest BCUT2D eigenvalue weighted by atomic mass is 9.80. The highest BCUT2D eigenvalue weighted by Crippen LogP contribution is 2.35. The van der Waals surface area contributed by atoms with Gasteiger partial charge in [-0.1, -0.05) is 36.2 Å². The number of methoxy groups -OCH3 is 1. The Hall–Kier alpha value is -2.29. The van der Waals surface area contributed by atoms with E-state index in [1.807, 2.05) is 24.3 Å². The predicted molar refractivity (Wildman–Crippen MR) is 97.5 cm³/mol. The van der Waals surface area contributed by atoms with Crippen LogP contribution in [0.15, 0.2) is 48.5 Å². The van der Waals surface area contributed by atoms with Crippen molar-refractivity contribution in [2.24, 2.45) is 5.92 Å². The molecule has 3 nitrogen and oxygen atoms in total. The van der Waals surface area contributed by atoms with E-state index in [0.29, 0.717) is 12.2 Å². The summed E-state index contributed by atoms with van der Waals surface area (Å²) in [7, 11) is 1.66. The monoisotopic (exact) mass is 323 g/mol. The Kier molecular flexibility index (Phi) is 5.19. The van der Waals surface area contributed by atoms with Gasteiger partial charge in [-0.05, 0) is 49.6 Å². The van der Waals surface area contributed by atoms with E-state index in [4.69, 9.17) is 4.74 Å². The molecule has 2 aromatic rings. The Morgan fingerprint density at radius 3 is 2.38 bits per heavy atom. The van der Waals surface area contributed by atoms with Gasteiger partial charge in [-0.15, -0.1) is 0 Å². The molecule has 2 aromatic carbocycles. The molecule has 0 bridgehead atoms. The van der Waals surface area contributed by atoms with Crippen molar-refractivity contribution in [3.63, 3.8) is 0 Å². The van der Waals surface area contributed by atoms with E-state index in [2.05, 4.69) is 36.5 Å². The number of benzene rings is 2. The van der Waals surface area contributed by atoms with E-state index in [0.717, 1.165) is 30.7 Å². The zero-order valence-corrected chi connectivity index (χ0v) is 14.4. The molecule has 1 fully saturated rings. The molecule has 0 amide bonds. The van der Waals surface area contributed by atoms with E-state index >= 15 is 0 Å². The van der Waals surface area contributed by atoms with Gasteiger partial charge in [0.25, 0.3) is 0 Å². The van der Waals surface area contributed by atoms with Gasteiger partial charge in [0.2, 0.25) is 0 Å². The maximum absolute atomic E-state index is 12.5. The number of aryl methyl sites for hydroxylation is 1. The topological polar surface area (TPSA) is 38.3 Å². The molecule has 0 aliphatic heterocycles. The molecule has 0 heterocycles. The van der Waals surface area contributed by atoms with Gasteiger partial charge in [-0.2, -0.15) is 0 Å². The molecule has 0 spiro atoms. The minimum atomic E-state index is 0.0202. The number of anilines is 1. The smallest absolute Gasteiger partial charge is 0.138 e. The number of ether oxygens (including phenoxy) is 1. The molecular formula is C21H25NO2.